The first-order chi connectivity index (χ1) is 12.4. The molecule has 0 aromatic carbocycles. The van der Waals surface area contributed by atoms with Crippen LogP contribution in [0.15, 0.2) is 24.8 Å². The Kier molecular flexibility index (Phi) is 3.95. The third-order valence-corrected chi connectivity index (χ3v) is 5.59. The van der Waals surface area contributed by atoms with E-state index in [0.717, 1.165) is 31.9 Å². The molecule has 8 heteroatoms. The van der Waals surface area contributed by atoms with Crippen molar-refractivity contribution < 1.29 is 4.79 Å². The number of amides is 1. The lowest BCUT2D eigenvalue weighted by Crippen LogP contribution is -2.61. The van der Waals surface area contributed by atoms with Crippen LogP contribution in [-0.4, -0.2) is 68.5 Å². The van der Waals surface area contributed by atoms with Crippen molar-refractivity contribution in [1.82, 2.24) is 29.3 Å². The second-order valence-electron chi connectivity index (χ2n) is 7.91. The van der Waals surface area contributed by atoms with Gasteiger partial charge >= 0.3 is 0 Å². The number of imidazole rings is 1. The number of hydrogen-bond donors (Lipinski definition) is 1. The summed E-state index contributed by atoms with van der Waals surface area (Å²) in [5.41, 5.74) is 7.30. The number of likely N-dealkylation sites (N-methyl/N-ethyl adjacent to an activating group) is 1. The van der Waals surface area contributed by atoms with Crippen LogP contribution < -0.4 is 5.73 Å². The molecule has 2 aliphatic rings. The van der Waals surface area contributed by atoms with Crippen molar-refractivity contribution in [3.05, 3.63) is 36.2 Å². The molecular formula is C18H25N7O. The van der Waals surface area contributed by atoms with Crippen LogP contribution in [0.2, 0.25) is 0 Å². The number of nitrogen functional groups attached to an aromatic ring is 1. The van der Waals surface area contributed by atoms with Gasteiger partial charge in [0, 0.05) is 55.9 Å². The minimum atomic E-state index is 0.00512. The van der Waals surface area contributed by atoms with Gasteiger partial charge < -0.3 is 20.1 Å². The minimum absolute atomic E-state index is 0.00512. The van der Waals surface area contributed by atoms with Gasteiger partial charge in [0.15, 0.2) is 0 Å². The molecular weight excluding hydrogens is 330 g/mol. The molecule has 1 unspecified atom stereocenters. The zero-order valence-electron chi connectivity index (χ0n) is 15.5. The lowest BCUT2D eigenvalue weighted by Gasteiger charge is -2.50. The lowest BCUT2D eigenvalue weighted by atomic mass is 9.70. The van der Waals surface area contributed by atoms with Crippen molar-refractivity contribution in [3.8, 4) is 0 Å². The normalized spacial score (nSPS) is 22.2. The molecule has 0 aliphatic carbocycles. The van der Waals surface area contributed by atoms with Gasteiger partial charge in [0.1, 0.15) is 5.69 Å². The van der Waals surface area contributed by atoms with Crippen LogP contribution in [0, 0.1) is 5.41 Å². The quantitative estimate of drug-likeness (QED) is 0.883. The Morgan fingerprint density at radius 1 is 1.31 bits per heavy atom. The molecule has 2 fully saturated rings. The van der Waals surface area contributed by atoms with Gasteiger partial charge in [0.25, 0.3) is 5.91 Å². The summed E-state index contributed by atoms with van der Waals surface area (Å²) in [5.74, 6) is 0.569. The Hall–Kier alpha value is -2.48. The molecule has 8 nitrogen and oxygen atoms in total. The van der Waals surface area contributed by atoms with E-state index in [2.05, 4.69) is 40.7 Å². The first-order valence-corrected chi connectivity index (χ1v) is 8.98. The van der Waals surface area contributed by atoms with E-state index in [1.807, 2.05) is 21.7 Å². The van der Waals surface area contributed by atoms with E-state index in [9.17, 15) is 4.79 Å². The highest BCUT2D eigenvalue weighted by molar-refractivity contribution is 5.92. The molecule has 1 amide bonds. The molecule has 2 aromatic rings. The summed E-state index contributed by atoms with van der Waals surface area (Å²) < 4.78 is 1.96. The molecule has 2 saturated heterocycles. The summed E-state index contributed by atoms with van der Waals surface area (Å²) in [6.07, 6.45) is 5.27. The topological polar surface area (TPSA) is 93.2 Å². The van der Waals surface area contributed by atoms with Gasteiger partial charge in [0.2, 0.25) is 5.95 Å². The summed E-state index contributed by atoms with van der Waals surface area (Å²) in [7, 11) is 2.11. The molecule has 1 atom stereocenters. The summed E-state index contributed by atoms with van der Waals surface area (Å²) >= 11 is 0. The summed E-state index contributed by atoms with van der Waals surface area (Å²) in [4.78, 5) is 29.7. The molecule has 2 N–H and O–H groups in total. The smallest absolute Gasteiger partial charge is 0.274 e. The van der Waals surface area contributed by atoms with E-state index in [1.54, 1.807) is 12.5 Å². The Morgan fingerprint density at radius 2 is 2.08 bits per heavy atom. The molecule has 0 saturated carbocycles. The Morgan fingerprint density at radius 3 is 2.73 bits per heavy atom. The predicted molar refractivity (Wildman–Crippen MR) is 97.6 cm³/mol. The highest BCUT2D eigenvalue weighted by atomic mass is 16.2. The van der Waals surface area contributed by atoms with Crippen LogP contribution in [-0.2, 0) is 0 Å². The van der Waals surface area contributed by atoms with Gasteiger partial charge in [-0.25, -0.2) is 15.0 Å². The van der Waals surface area contributed by atoms with E-state index >= 15 is 0 Å². The SMILES string of the molecule is CC(C)n1cnc(C(=O)N2CC3(CN(C)CC3c3ccnc(N)n3)C2)c1. The van der Waals surface area contributed by atoms with Crippen molar-refractivity contribution in [2.45, 2.75) is 25.8 Å². The van der Waals surface area contributed by atoms with E-state index in [0.29, 0.717) is 17.7 Å². The maximum atomic E-state index is 12.8. The number of aromatic nitrogens is 4. The lowest BCUT2D eigenvalue weighted by molar-refractivity contribution is 0.00314. The van der Waals surface area contributed by atoms with Gasteiger partial charge in [-0.05, 0) is 27.0 Å². The zero-order valence-corrected chi connectivity index (χ0v) is 15.5. The second-order valence-corrected chi connectivity index (χ2v) is 7.91. The monoisotopic (exact) mass is 355 g/mol. The molecule has 4 heterocycles. The number of likely N-dealkylation sites (tertiary alicyclic amines) is 2. The molecule has 26 heavy (non-hydrogen) atoms. The summed E-state index contributed by atoms with van der Waals surface area (Å²) in [5, 5.41) is 0. The molecule has 4 rings (SSSR count). The van der Waals surface area contributed by atoms with Crippen molar-refractivity contribution in [2.24, 2.45) is 5.41 Å². The van der Waals surface area contributed by atoms with Gasteiger partial charge in [0.05, 0.1) is 12.0 Å². The highest BCUT2D eigenvalue weighted by Gasteiger charge is 2.55. The molecule has 0 radical (unpaired) electrons. The molecule has 2 aliphatic heterocycles. The number of carbonyl (C=O) groups excluding carboxylic acids is 1. The average Bonchev–Trinajstić information content (AvgIpc) is 3.17. The van der Waals surface area contributed by atoms with Gasteiger partial charge in [-0.15, -0.1) is 0 Å². The average molecular weight is 355 g/mol. The summed E-state index contributed by atoms with van der Waals surface area (Å²) in [6, 6.07) is 2.24. The first-order valence-electron chi connectivity index (χ1n) is 8.98. The molecule has 138 valence electrons. The molecule has 2 aromatic heterocycles. The van der Waals surface area contributed by atoms with E-state index in [1.165, 1.54) is 0 Å². The third kappa shape index (κ3) is 2.74. The Balaban J connectivity index is 1.51. The number of rotatable bonds is 3. The van der Waals surface area contributed by atoms with Crippen LogP contribution in [0.5, 0.6) is 0 Å². The van der Waals surface area contributed by atoms with Gasteiger partial charge in [-0.1, -0.05) is 0 Å². The number of hydrogen-bond acceptors (Lipinski definition) is 6. The van der Waals surface area contributed by atoms with Crippen LogP contribution in [0.1, 0.15) is 42.0 Å². The van der Waals surface area contributed by atoms with Crippen molar-refractivity contribution >= 4 is 11.9 Å². The maximum absolute atomic E-state index is 12.8. The third-order valence-electron chi connectivity index (χ3n) is 5.59. The Labute approximate surface area is 153 Å². The van der Waals surface area contributed by atoms with E-state index < -0.39 is 0 Å². The fourth-order valence-electron chi connectivity index (χ4n) is 4.28. The maximum Gasteiger partial charge on any atom is 0.274 e. The van der Waals surface area contributed by atoms with Crippen molar-refractivity contribution in [2.75, 3.05) is 39.0 Å². The van der Waals surface area contributed by atoms with E-state index in [4.69, 9.17) is 5.73 Å². The van der Waals surface area contributed by atoms with Crippen molar-refractivity contribution in [3.63, 3.8) is 0 Å². The number of carbonyl (C=O) groups is 1. The fourth-order valence-corrected chi connectivity index (χ4v) is 4.28. The predicted octanol–water partition coefficient (Wildman–Crippen LogP) is 1.01. The van der Waals surface area contributed by atoms with Gasteiger partial charge in [-0.3, -0.25) is 4.79 Å². The molecule has 1 spiro atoms. The van der Waals surface area contributed by atoms with Crippen LogP contribution in [0.3, 0.4) is 0 Å². The number of nitrogens with zero attached hydrogens (tertiary/aromatic N) is 6. The number of anilines is 1. The standard InChI is InChI=1S/C18H25N7O/c1-12(2)24-7-15(21-11-24)16(26)25-9-18(10-25)8-23(3)6-13(18)14-4-5-20-17(19)22-14/h4-5,7,11-13H,6,8-10H2,1-3H3,(H2,19,20,22). The summed E-state index contributed by atoms with van der Waals surface area (Å²) in [6.45, 7) is 7.45. The van der Waals surface area contributed by atoms with Crippen molar-refractivity contribution in [1.29, 1.82) is 0 Å². The molecule has 0 bridgehead atoms. The van der Waals surface area contributed by atoms with Crippen LogP contribution in [0.4, 0.5) is 5.95 Å². The Bertz CT molecular complexity index is 824. The van der Waals surface area contributed by atoms with Gasteiger partial charge in [-0.2, -0.15) is 0 Å². The minimum Gasteiger partial charge on any atom is -0.368 e. The van der Waals surface area contributed by atoms with Crippen LogP contribution >= 0.6 is 0 Å². The number of nitrogens with two attached hydrogens (primary N) is 1. The zero-order chi connectivity index (χ0) is 18.5. The second kappa shape index (κ2) is 6.05. The largest absolute Gasteiger partial charge is 0.368 e. The highest BCUT2D eigenvalue weighted by Crippen LogP contribution is 2.48. The fraction of sp³-hybridized carbons (Fsp3) is 0.556. The van der Waals surface area contributed by atoms with E-state index in [-0.39, 0.29) is 17.2 Å². The van der Waals surface area contributed by atoms with Crippen LogP contribution in [0.25, 0.3) is 0 Å². The first kappa shape index (κ1) is 17.0.